The zero-order valence-electron chi connectivity index (χ0n) is 15.6. The topological polar surface area (TPSA) is 165 Å². The Morgan fingerprint density at radius 3 is 2.33 bits per heavy atom. The van der Waals surface area contributed by atoms with Gasteiger partial charge in [-0.3, -0.25) is 18.9 Å². The van der Waals surface area contributed by atoms with Crippen LogP contribution in [0, 0.1) is 0 Å². The molecular weight excluding hydrogens is 399 g/mol. The van der Waals surface area contributed by atoms with Gasteiger partial charge >= 0.3 is 19.5 Å². The van der Waals surface area contributed by atoms with E-state index in [0.29, 0.717) is 37.3 Å². The maximum atomic E-state index is 11.9. The van der Waals surface area contributed by atoms with Crippen molar-refractivity contribution in [2.24, 2.45) is 5.73 Å². The summed E-state index contributed by atoms with van der Waals surface area (Å²) in [5.74, 6) is -0.679. The van der Waals surface area contributed by atoms with E-state index in [4.69, 9.17) is 25.0 Å². The Hall–Kier alpha value is -1.13. The first-order chi connectivity index (χ1) is 12.5. The van der Waals surface area contributed by atoms with Crippen molar-refractivity contribution in [3.8, 4) is 0 Å². The number of hydrogen-bond donors (Lipinski definition) is 4. The fourth-order valence-corrected chi connectivity index (χ4v) is 3.53. The minimum Gasteiger partial charge on any atom is -0.462 e. The third kappa shape index (κ3) is 16.7. The number of hydrogen-bond acceptors (Lipinski definition) is 8. The van der Waals surface area contributed by atoms with Crippen molar-refractivity contribution >= 4 is 37.2 Å². The Balaban J connectivity index is 3.97. The summed E-state index contributed by atoms with van der Waals surface area (Å²) >= 11 is 1.30. The number of thioether (sulfide) groups is 1. The lowest BCUT2D eigenvalue weighted by Crippen LogP contribution is -2.43. The number of nitrogens with two attached hydrogens (primary N) is 1. The zero-order valence-corrected chi connectivity index (χ0v) is 17.3. The Labute approximate surface area is 163 Å². The minimum absolute atomic E-state index is 0.0576. The van der Waals surface area contributed by atoms with Gasteiger partial charge < -0.3 is 30.3 Å². The third-order valence-corrected chi connectivity index (χ3v) is 5.27. The highest BCUT2D eigenvalue weighted by Crippen LogP contribution is 2.35. The van der Waals surface area contributed by atoms with E-state index < -0.39 is 31.7 Å². The third-order valence-electron chi connectivity index (χ3n) is 3.17. The predicted molar refractivity (Wildman–Crippen MR) is 101 cm³/mol. The minimum atomic E-state index is -3.96. The molecule has 5 N–H and O–H groups in total. The van der Waals surface area contributed by atoms with Crippen LogP contribution in [0.4, 0.5) is 0 Å². The number of esters is 2. The molecule has 10 nitrogen and oxygen atoms in total. The summed E-state index contributed by atoms with van der Waals surface area (Å²) in [5.41, 5.74) is 5.80. The quantitative estimate of drug-likeness (QED) is 0.168. The second kappa shape index (κ2) is 14.0. The van der Waals surface area contributed by atoms with Crippen molar-refractivity contribution in [3.05, 3.63) is 0 Å². The molecule has 12 heteroatoms. The normalized spacial score (nSPS) is 13.5. The molecule has 0 rings (SSSR count). The van der Waals surface area contributed by atoms with Crippen molar-refractivity contribution in [3.63, 3.8) is 0 Å². The molecule has 0 aliphatic rings. The van der Waals surface area contributed by atoms with Gasteiger partial charge in [0.1, 0.15) is 12.7 Å². The van der Waals surface area contributed by atoms with Crippen LogP contribution in [0.5, 0.6) is 0 Å². The molecule has 0 aromatic heterocycles. The molecule has 0 aromatic rings. The molecule has 2 atom stereocenters. The van der Waals surface area contributed by atoms with Gasteiger partial charge in [0.05, 0.1) is 6.04 Å². The van der Waals surface area contributed by atoms with Gasteiger partial charge in [0.15, 0.2) is 0 Å². The molecule has 0 heterocycles. The zero-order chi connectivity index (χ0) is 20.9. The van der Waals surface area contributed by atoms with E-state index >= 15 is 0 Å². The summed E-state index contributed by atoms with van der Waals surface area (Å²) in [6, 6.07) is -0.753. The van der Waals surface area contributed by atoms with Gasteiger partial charge in [0, 0.05) is 38.1 Å². The van der Waals surface area contributed by atoms with Crippen LogP contribution >= 0.6 is 19.4 Å². The number of ether oxygens (including phenoxy) is 2. The Morgan fingerprint density at radius 2 is 1.78 bits per heavy atom. The second-order valence-corrected chi connectivity index (χ2v) is 8.77. The van der Waals surface area contributed by atoms with E-state index in [2.05, 4.69) is 5.32 Å². The van der Waals surface area contributed by atoms with Gasteiger partial charge in [-0.1, -0.05) is 6.42 Å². The van der Waals surface area contributed by atoms with Crippen LogP contribution in [-0.4, -0.2) is 70.6 Å². The number of nitrogens with one attached hydrogen (secondary N) is 1. The maximum Gasteiger partial charge on any atom is 0.325 e. The van der Waals surface area contributed by atoms with Crippen molar-refractivity contribution < 1.29 is 38.2 Å². The highest BCUT2D eigenvalue weighted by molar-refractivity contribution is 7.99. The van der Waals surface area contributed by atoms with Crippen LogP contribution in [0.15, 0.2) is 0 Å². The Morgan fingerprint density at radius 1 is 1.11 bits per heavy atom. The van der Waals surface area contributed by atoms with E-state index in [1.807, 2.05) is 0 Å². The first-order valence-electron chi connectivity index (χ1n) is 8.47. The van der Waals surface area contributed by atoms with Gasteiger partial charge in [-0.25, -0.2) is 0 Å². The molecule has 0 saturated carbocycles. The van der Waals surface area contributed by atoms with Crippen LogP contribution in [0.2, 0.25) is 0 Å². The summed E-state index contributed by atoms with van der Waals surface area (Å²) in [4.78, 5) is 51.2. The smallest absolute Gasteiger partial charge is 0.325 e. The summed E-state index contributed by atoms with van der Waals surface area (Å²) < 4.78 is 20.6. The summed E-state index contributed by atoms with van der Waals surface area (Å²) in [6.07, 6.45) is 0.814. The van der Waals surface area contributed by atoms with Crippen LogP contribution < -0.4 is 11.1 Å². The molecule has 0 aliphatic heterocycles. The number of carbonyl (C=O) groups is 3. The van der Waals surface area contributed by atoms with Gasteiger partial charge in [-0.15, -0.1) is 0 Å². The van der Waals surface area contributed by atoms with Gasteiger partial charge in [0.2, 0.25) is 5.91 Å². The Kier molecular flexibility index (Phi) is 13.4. The molecule has 0 unspecified atom stereocenters. The summed E-state index contributed by atoms with van der Waals surface area (Å²) in [7, 11) is -3.96. The fraction of sp³-hybridized carbons (Fsp3) is 0.800. The van der Waals surface area contributed by atoms with E-state index in [0.717, 1.165) is 0 Å². The molecule has 0 bridgehead atoms. The molecule has 0 saturated heterocycles. The van der Waals surface area contributed by atoms with Crippen molar-refractivity contribution in [1.29, 1.82) is 0 Å². The molecule has 0 aliphatic carbocycles. The van der Waals surface area contributed by atoms with E-state index in [1.165, 1.54) is 25.6 Å². The average molecular weight is 428 g/mol. The number of rotatable bonds is 14. The summed E-state index contributed by atoms with van der Waals surface area (Å²) in [5, 5.41) is 2.66. The lowest BCUT2D eigenvalue weighted by molar-refractivity contribution is -0.154. The monoisotopic (exact) mass is 428 g/mol. The largest absolute Gasteiger partial charge is 0.462 e. The van der Waals surface area contributed by atoms with E-state index in [9.17, 15) is 18.9 Å². The number of unbranched alkanes of at least 4 members (excludes halogenated alkanes) is 2. The highest BCUT2D eigenvalue weighted by atomic mass is 32.2. The maximum absolute atomic E-state index is 11.9. The first kappa shape index (κ1) is 25.9. The fourth-order valence-electron chi connectivity index (χ4n) is 1.93. The number of amides is 1. The highest BCUT2D eigenvalue weighted by Gasteiger charge is 2.18. The van der Waals surface area contributed by atoms with Crippen LogP contribution in [-0.2, 0) is 28.4 Å². The molecular formula is C15H29N2O8PS. The lowest BCUT2D eigenvalue weighted by Gasteiger charge is -2.17. The summed E-state index contributed by atoms with van der Waals surface area (Å²) in [6.45, 7) is 2.83. The lowest BCUT2D eigenvalue weighted by atomic mass is 10.2. The van der Waals surface area contributed by atoms with Crippen LogP contribution in [0.3, 0.4) is 0 Å². The SMILES string of the molecule is CC(=O)OC[C@H](CSC[C@H](N)C(=O)NCCCCCP(=O)(O)O)OC(C)=O. The van der Waals surface area contributed by atoms with Crippen molar-refractivity contribution in [1.82, 2.24) is 5.32 Å². The van der Waals surface area contributed by atoms with Gasteiger partial charge in [0.25, 0.3) is 0 Å². The van der Waals surface area contributed by atoms with Gasteiger partial charge in [-0.2, -0.15) is 11.8 Å². The molecule has 0 radical (unpaired) electrons. The molecule has 1 amide bonds. The van der Waals surface area contributed by atoms with Crippen molar-refractivity contribution in [2.75, 3.05) is 30.8 Å². The molecule has 27 heavy (non-hydrogen) atoms. The van der Waals surface area contributed by atoms with E-state index in [-0.39, 0.29) is 18.7 Å². The number of carbonyl (C=O) groups excluding carboxylic acids is 3. The molecule has 0 spiro atoms. The second-order valence-electron chi connectivity index (χ2n) is 5.92. The van der Waals surface area contributed by atoms with Crippen LogP contribution in [0.1, 0.15) is 33.1 Å². The standard InChI is InChI=1S/C15H29N2O8PS/c1-11(18)24-8-13(25-12(2)19)9-27-10-14(16)15(20)17-6-4-3-5-7-26(21,22)23/h13-14H,3-10,16H2,1-2H3,(H,17,20)(H2,21,22,23)/t13-,14+/m1/s1. The molecule has 158 valence electrons. The molecule has 0 aromatic carbocycles. The van der Waals surface area contributed by atoms with Crippen molar-refractivity contribution in [2.45, 2.75) is 45.3 Å². The van der Waals surface area contributed by atoms with Crippen LogP contribution in [0.25, 0.3) is 0 Å². The van der Waals surface area contributed by atoms with Gasteiger partial charge in [-0.05, 0) is 12.8 Å². The average Bonchev–Trinajstić information content (AvgIpc) is 2.53. The Bertz CT molecular complexity index is 528. The predicted octanol–water partition coefficient (Wildman–Crippen LogP) is 0.00590. The first-order valence-corrected chi connectivity index (χ1v) is 11.4. The van der Waals surface area contributed by atoms with E-state index in [1.54, 1.807) is 0 Å². The molecule has 0 fully saturated rings.